The highest BCUT2D eigenvalue weighted by atomic mass is 32.1. The summed E-state index contributed by atoms with van der Waals surface area (Å²) in [6.07, 6.45) is 2.53. The number of nitrogens with one attached hydrogen (secondary N) is 1. The zero-order valence-corrected chi connectivity index (χ0v) is 10.4. The third-order valence-electron chi connectivity index (χ3n) is 2.65. The van der Waals surface area contributed by atoms with Gasteiger partial charge in [0.15, 0.2) is 0 Å². The van der Waals surface area contributed by atoms with Crippen LogP contribution in [0.3, 0.4) is 0 Å². The van der Waals surface area contributed by atoms with Crippen molar-refractivity contribution < 1.29 is 0 Å². The molecule has 1 rings (SSSR count). The summed E-state index contributed by atoms with van der Waals surface area (Å²) in [4.78, 5) is 0. The lowest BCUT2D eigenvalue weighted by Crippen LogP contribution is -2.17. The van der Waals surface area contributed by atoms with E-state index < -0.39 is 0 Å². The molecule has 1 unspecified atom stereocenters. The van der Waals surface area contributed by atoms with Crippen LogP contribution in [0.25, 0.3) is 0 Å². The van der Waals surface area contributed by atoms with Crippen molar-refractivity contribution in [1.82, 2.24) is 5.32 Å². The normalized spacial score (nSPS) is 13.5. The van der Waals surface area contributed by atoms with Crippen LogP contribution >= 0.6 is 11.3 Å². The van der Waals surface area contributed by atoms with E-state index in [1.165, 1.54) is 24.0 Å². The van der Waals surface area contributed by atoms with Crippen molar-refractivity contribution in [3.05, 3.63) is 21.9 Å². The summed E-state index contributed by atoms with van der Waals surface area (Å²) < 4.78 is 0. The first kappa shape index (κ1) is 11.7. The lowest BCUT2D eigenvalue weighted by Gasteiger charge is -2.17. The molecule has 0 saturated carbocycles. The van der Waals surface area contributed by atoms with Gasteiger partial charge in [-0.15, -0.1) is 0 Å². The van der Waals surface area contributed by atoms with Gasteiger partial charge in [-0.2, -0.15) is 11.3 Å². The summed E-state index contributed by atoms with van der Waals surface area (Å²) in [5, 5.41) is 7.91. The molecule has 1 aromatic rings. The average molecular weight is 211 g/mol. The molecule has 0 fully saturated rings. The Balaban J connectivity index is 2.58. The van der Waals surface area contributed by atoms with Crippen LogP contribution in [0.4, 0.5) is 0 Å². The number of hydrogen-bond donors (Lipinski definition) is 1. The Morgan fingerprint density at radius 1 is 1.29 bits per heavy atom. The molecule has 2 heteroatoms. The molecule has 0 saturated heterocycles. The van der Waals surface area contributed by atoms with Crippen molar-refractivity contribution in [2.45, 2.75) is 39.7 Å². The maximum absolute atomic E-state index is 3.41. The van der Waals surface area contributed by atoms with Gasteiger partial charge < -0.3 is 5.32 Å². The fourth-order valence-electron chi connectivity index (χ4n) is 1.68. The maximum atomic E-state index is 3.41. The molecule has 80 valence electrons. The maximum Gasteiger partial charge on any atom is 0.0328 e. The average Bonchev–Trinajstić information content (AvgIpc) is 2.53. The molecule has 0 aliphatic carbocycles. The second-order valence-corrected chi connectivity index (χ2v) is 5.07. The predicted molar refractivity (Wildman–Crippen MR) is 64.9 cm³/mol. The first-order valence-electron chi connectivity index (χ1n) is 5.35. The van der Waals surface area contributed by atoms with Crippen LogP contribution in [0.2, 0.25) is 0 Å². The second kappa shape index (κ2) is 5.52. The van der Waals surface area contributed by atoms with Gasteiger partial charge >= 0.3 is 0 Å². The third-order valence-corrected chi connectivity index (χ3v) is 3.53. The summed E-state index contributed by atoms with van der Waals surface area (Å²) >= 11 is 1.80. The Morgan fingerprint density at radius 3 is 2.43 bits per heavy atom. The molecule has 0 aromatic carbocycles. The summed E-state index contributed by atoms with van der Waals surface area (Å²) in [5.74, 6) is 0.796. The van der Waals surface area contributed by atoms with Gasteiger partial charge in [0.25, 0.3) is 0 Å². The molecule has 0 radical (unpaired) electrons. The van der Waals surface area contributed by atoms with Gasteiger partial charge in [0.2, 0.25) is 0 Å². The predicted octanol–water partition coefficient (Wildman–Crippen LogP) is 3.75. The second-order valence-electron chi connectivity index (χ2n) is 4.32. The molecule has 0 amide bonds. The number of aryl methyl sites for hydroxylation is 1. The minimum absolute atomic E-state index is 0.545. The molecule has 14 heavy (non-hydrogen) atoms. The van der Waals surface area contributed by atoms with Crippen molar-refractivity contribution in [3.63, 3.8) is 0 Å². The van der Waals surface area contributed by atoms with Crippen molar-refractivity contribution in [3.8, 4) is 0 Å². The van der Waals surface area contributed by atoms with Crippen molar-refractivity contribution in [1.29, 1.82) is 0 Å². The van der Waals surface area contributed by atoms with E-state index in [1.54, 1.807) is 11.3 Å². The van der Waals surface area contributed by atoms with Gasteiger partial charge in [0.05, 0.1) is 0 Å². The molecule has 1 heterocycles. The summed E-state index contributed by atoms with van der Waals surface area (Å²) in [6.45, 7) is 6.77. The van der Waals surface area contributed by atoms with E-state index in [0.29, 0.717) is 6.04 Å². The zero-order chi connectivity index (χ0) is 10.6. The molecule has 1 N–H and O–H groups in total. The highest BCUT2D eigenvalue weighted by molar-refractivity contribution is 7.08. The van der Waals surface area contributed by atoms with Gasteiger partial charge in [-0.3, -0.25) is 0 Å². The molecular formula is C12H21NS. The third kappa shape index (κ3) is 3.10. The van der Waals surface area contributed by atoms with Crippen LogP contribution < -0.4 is 5.32 Å². The van der Waals surface area contributed by atoms with E-state index in [1.807, 2.05) is 0 Å². The SMILES string of the molecule is CNC(CCC(C)C)c1cscc1C. The van der Waals surface area contributed by atoms with E-state index >= 15 is 0 Å². The van der Waals surface area contributed by atoms with E-state index in [-0.39, 0.29) is 0 Å². The highest BCUT2D eigenvalue weighted by Crippen LogP contribution is 2.26. The summed E-state index contributed by atoms with van der Waals surface area (Å²) in [7, 11) is 2.06. The Kier molecular flexibility index (Phi) is 4.63. The van der Waals surface area contributed by atoms with Gasteiger partial charge in [0.1, 0.15) is 0 Å². The molecule has 1 aromatic heterocycles. The number of thiophene rings is 1. The van der Waals surface area contributed by atoms with Gasteiger partial charge in [-0.05, 0) is 54.6 Å². The van der Waals surface area contributed by atoms with Crippen molar-refractivity contribution >= 4 is 11.3 Å². The molecule has 0 aliphatic rings. The highest BCUT2D eigenvalue weighted by Gasteiger charge is 2.12. The smallest absolute Gasteiger partial charge is 0.0328 e. The van der Waals surface area contributed by atoms with Crippen molar-refractivity contribution in [2.24, 2.45) is 5.92 Å². The van der Waals surface area contributed by atoms with Crippen LogP contribution in [0.15, 0.2) is 10.8 Å². The van der Waals surface area contributed by atoms with Crippen molar-refractivity contribution in [2.75, 3.05) is 7.05 Å². The topological polar surface area (TPSA) is 12.0 Å². The first-order valence-corrected chi connectivity index (χ1v) is 6.29. The lowest BCUT2D eigenvalue weighted by atomic mass is 9.98. The first-order chi connectivity index (χ1) is 6.65. The Labute approximate surface area is 91.5 Å². The fourth-order valence-corrected chi connectivity index (χ4v) is 2.59. The molecular weight excluding hydrogens is 190 g/mol. The molecule has 0 spiro atoms. The molecule has 1 atom stereocenters. The molecule has 0 aliphatic heterocycles. The minimum atomic E-state index is 0.545. The van der Waals surface area contributed by atoms with E-state index in [4.69, 9.17) is 0 Å². The Bertz CT molecular complexity index is 265. The monoisotopic (exact) mass is 211 g/mol. The van der Waals surface area contributed by atoms with Crippen LogP contribution in [-0.2, 0) is 0 Å². The fraction of sp³-hybridized carbons (Fsp3) is 0.667. The van der Waals surface area contributed by atoms with E-state index in [2.05, 4.69) is 43.9 Å². The minimum Gasteiger partial charge on any atom is -0.313 e. The van der Waals surface area contributed by atoms with E-state index in [9.17, 15) is 0 Å². The van der Waals surface area contributed by atoms with E-state index in [0.717, 1.165) is 5.92 Å². The standard InChI is InChI=1S/C12H21NS/c1-9(2)5-6-12(13-4)11-8-14-7-10(11)3/h7-9,12-13H,5-6H2,1-4H3. The van der Waals surface area contributed by atoms with Crippen LogP contribution in [0.1, 0.15) is 43.9 Å². The summed E-state index contributed by atoms with van der Waals surface area (Å²) in [5.41, 5.74) is 2.91. The molecule has 0 bridgehead atoms. The van der Waals surface area contributed by atoms with Crippen LogP contribution in [-0.4, -0.2) is 7.05 Å². The van der Waals surface area contributed by atoms with Crippen LogP contribution in [0, 0.1) is 12.8 Å². The van der Waals surface area contributed by atoms with Gasteiger partial charge in [-0.25, -0.2) is 0 Å². The quantitative estimate of drug-likeness (QED) is 0.782. The number of hydrogen-bond acceptors (Lipinski definition) is 2. The van der Waals surface area contributed by atoms with Gasteiger partial charge in [-0.1, -0.05) is 13.8 Å². The van der Waals surface area contributed by atoms with Crippen LogP contribution in [0.5, 0.6) is 0 Å². The summed E-state index contributed by atoms with van der Waals surface area (Å²) in [6, 6.07) is 0.545. The number of rotatable bonds is 5. The zero-order valence-electron chi connectivity index (χ0n) is 9.63. The molecule has 1 nitrogen and oxygen atoms in total. The Hall–Kier alpha value is -0.340. The largest absolute Gasteiger partial charge is 0.313 e. The Morgan fingerprint density at radius 2 is 2.00 bits per heavy atom. The van der Waals surface area contributed by atoms with Gasteiger partial charge in [0, 0.05) is 6.04 Å². The lowest BCUT2D eigenvalue weighted by molar-refractivity contribution is 0.464.